The Morgan fingerprint density at radius 2 is 2.45 bits per heavy atom. The van der Waals surface area contributed by atoms with Gasteiger partial charge in [0.15, 0.2) is 5.84 Å². The number of halogens is 1. The molecule has 1 N–H and O–H groups in total. The lowest BCUT2D eigenvalue weighted by atomic mass is 10.3. The highest BCUT2D eigenvalue weighted by Gasteiger charge is 2.30. The molecule has 1 atom stereocenters. The lowest BCUT2D eigenvalue weighted by Crippen LogP contribution is -2.37. The summed E-state index contributed by atoms with van der Waals surface area (Å²) < 4.78 is 0.636. The molecule has 0 bridgehead atoms. The Labute approximate surface area is 70.5 Å². The van der Waals surface area contributed by atoms with Crippen LogP contribution in [0.1, 0.15) is 0 Å². The van der Waals surface area contributed by atoms with Crippen molar-refractivity contribution in [3.05, 3.63) is 0 Å². The largest absolute Gasteiger partial charge is 0.343 e. The van der Waals surface area contributed by atoms with Gasteiger partial charge in [-0.1, -0.05) is 0 Å². The van der Waals surface area contributed by atoms with Crippen LogP contribution in [0.2, 0.25) is 0 Å². The SMILES string of the molecule is O=C1N=C2N=CN=C(Br)C2N1. The fraction of sp³-hybridized carbons (Fsp3) is 0.200. The van der Waals surface area contributed by atoms with E-state index in [0.29, 0.717) is 10.5 Å². The quantitative estimate of drug-likeness (QED) is 0.620. The maximum atomic E-state index is 10.7. The van der Waals surface area contributed by atoms with Crippen LogP contribution in [0.25, 0.3) is 0 Å². The Balaban J connectivity index is 2.40. The zero-order chi connectivity index (χ0) is 7.84. The fourth-order valence-electron chi connectivity index (χ4n) is 0.876. The Morgan fingerprint density at radius 1 is 1.64 bits per heavy atom. The minimum absolute atomic E-state index is 0.271. The molecular formula is C5H3BrN4O. The number of hydrogen-bond acceptors (Lipinski definition) is 3. The Hall–Kier alpha value is -1.04. The van der Waals surface area contributed by atoms with E-state index in [2.05, 4.69) is 36.2 Å². The van der Waals surface area contributed by atoms with Gasteiger partial charge in [-0.15, -0.1) is 0 Å². The van der Waals surface area contributed by atoms with Crippen LogP contribution >= 0.6 is 15.9 Å². The van der Waals surface area contributed by atoms with Crippen molar-refractivity contribution in [1.82, 2.24) is 5.32 Å². The van der Waals surface area contributed by atoms with Crippen molar-refractivity contribution in [2.45, 2.75) is 6.04 Å². The Morgan fingerprint density at radius 3 is 3.18 bits per heavy atom. The first-order valence-corrected chi connectivity index (χ1v) is 3.71. The average Bonchev–Trinajstić information content (AvgIpc) is 2.31. The van der Waals surface area contributed by atoms with E-state index in [4.69, 9.17) is 0 Å². The molecule has 2 amide bonds. The molecule has 2 rings (SSSR count). The van der Waals surface area contributed by atoms with Gasteiger partial charge in [-0.25, -0.2) is 14.8 Å². The van der Waals surface area contributed by atoms with Gasteiger partial charge in [-0.05, 0) is 15.9 Å². The molecule has 0 radical (unpaired) electrons. The average molecular weight is 215 g/mol. The second-order valence-corrected chi connectivity index (χ2v) is 2.86. The first kappa shape index (κ1) is 6.66. The molecule has 0 aromatic carbocycles. The predicted octanol–water partition coefficient (Wildman–Crippen LogP) is 0.312. The van der Waals surface area contributed by atoms with E-state index in [1.807, 2.05) is 0 Å². The molecule has 56 valence electrons. The lowest BCUT2D eigenvalue weighted by molar-refractivity contribution is 0.251. The van der Waals surface area contributed by atoms with Crippen molar-refractivity contribution in [2.75, 3.05) is 0 Å². The molecule has 2 aliphatic heterocycles. The van der Waals surface area contributed by atoms with Crippen LogP contribution in [-0.2, 0) is 0 Å². The first-order valence-electron chi connectivity index (χ1n) is 2.92. The minimum Gasteiger partial charge on any atom is -0.320 e. The van der Waals surface area contributed by atoms with E-state index in [-0.39, 0.29) is 12.1 Å². The predicted molar refractivity (Wildman–Crippen MR) is 44.6 cm³/mol. The van der Waals surface area contributed by atoms with Gasteiger partial charge < -0.3 is 5.32 Å². The topological polar surface area (TPSA) is 66.2 Å². The van der Waals surface area contributed by atoms with Gasteiger partial charge in [0.2, 0.25) is 0 Å². The van der Waals surface area contributed by atoms with E-state index in [1.54, 1.807) is 0 Å². The molecule has 0 spiro atoms. The number of carbonyl (C=O) groups excluding carboxylic acids is 1. The van der Waals surface area contributed by atoms with Crippen LogP contribution < -0.4 is 5.32 Å². The van der Waals surface area contributed by atoms with Gasteiger partial charge in [-0.2, -0.15) is 4.99 Å². The summed E-state index contributed by atoms with van der Waals surface area (Å²) >= 11 is 3.19. The van der Waals surface area contributed by atoms with Crippen molar-refractivity contribution in [3.63, 3.8) is 0 Å². The molecule has 0 aromatic heterocycles. The Kier molecular flexibility index (Phi) is 1.35. The van der Waals surface area contributed by atoms with Crippen LogP contribution in [-0.4, -0.2) is 28.9 Å². The summed E-state index contributed by atoms with van der Waals surface area (Å²) in [7, 11) is 0. The molecule has 5 nitrogen and oxygen atoms in total. The van der Waals surface area contributed by atoms with Crippen LogP contribution in [0, 0.1) is 0 Å². The summed E-state index contributed by atoms with van der Waals surface area (Å²) in [5.74, 6) is 0.469. The summed E-state index contributed by atoms with van der Waals surface area (Å²) in [4.78, 5) is 22.0. The van der Waals surface area contributed by atoms with Gasteiger partial charge in [0.1, 0.15) is 17.0 Å². The fourth-order valence-corrected chi connectivity index (χ4v) is 1.29. The number of rotatable bonds is 0. The van der Waals surface area contributed by atoms with E-state index in [9.17, 15) is 4.79 Å². The number of nitrogens with zero attached hydrogens (tertiary/aromatic N) is 3. The molecule has 11 heavy (non-hydrogen) atoms. The molecule has 1 unspecified atom stereocenters. The van der Waals surface area contributed by atoms with Crippen molar-refractivity contribution >= 4 is 38.8 Å². The minimum atomic E-state index is -0.365. The monoisotopic (exact) mass is 214 g/mol. The highest BCUT2D eigenvalue weighted by atomic mass is 79.9. The van der Waals surface area contributed by atoms with Crippen molar-refractivity contribution in [2.24, 2.45) is 15.0 Å². The van der Waals surface area contributed by atoms with Crippen LogP contribution in [0.15, 0.2) is 15.0 Å². The van der Waals surface area contributed by atoms with Gasteiger partial charge in [0.25, 0.3) is 0 Å². The summed E-state index contributed by atoms with van der Waals surface area (Å²) in [6.45, 7) is 0. The summed E-state index contributed by atoms with van der Waals surface area (Å²) in [5.41, 5.74) is 0. The second kappa shape index (κ2) is 2.23. The van der Waals surface area contributed by atoms with E-state index in [0.717, 1.165) is 0 Å². The van der Waals surface area contributed by atoms with Crippen LogP contribution in [0.5, 0.6) is 0 Å². The molecule has 0 saturated carbocycles. The summed E-state index contributed by atoms with van der Waals surface area (Å²) in [6.07, 6.45) is 1.36. The number of amides is 2. The molecular weight excluding hydrogens is 212 g/mol. The highest BCUT2D eigenvalue weighted by molar-refractivity contribution is 9.18. The third kappa shape index (κ3) is 0.988. The molecule has 0 aliphatic carbocycles. The summed E-state index contributed by atoms with van der Waals surface area (Å²) in [5, 5.41) is 2.57. The first-order chi connectivity index (χ1) is 5.27. The number of fused-ring (bicyclic) bond motifs is 1. The normalized spacial score (nSPS) is 27.4. The second-order valence-electron chi connectivity index (χ2n) is 2.05. The van der Waals surface area contributed by atoms with Crippen molar-refractivity contribution in [3.8, 4) is 0 Å². The molecule has 2 heterocycles. The number of carbonyl (C=O) groups is 1. The molecule has 6 heteroatoms. The zero-order valence-electron chi connectivity index (χ0n) is 5.28. The van der Waals surface area contributed by atoms with E-state index >= 15 is 0 Å². The number of amidine groups is 1. The summed E-state index contributed by atoms with van der Waals surface area (Å²) in [6, 6.07) is -0.635. The third-order valence-corrected chi connectivity index (χ3v) is 2.01. The molecule has 0 fully saturated rings. The standard InChI is InChI=1S/C5H3BrN4O/c6-3-2-4(8-1-7-3)10-5(11)9-2/h1-2H,(H,9,11). The maximum absolute atomic E-state index is 10.7. The highest BCUT2D eigenvalue weighted by Crippen LogP contribution is 2.10. The molecule has 0 aromatic rings. The molecule has 0 saturated heterocycles. The van der Waals surface area contributed by atoms with E-state index in [1.165, 1.54) is 6.34 Å². The van der Waals surface area contributed by atoms with E-state index < -0.39 is 0 Å². The third-order valence-electron chi connectivity index (χ3n) is 1.35. The van der Waals surface area contributed by atoms with Gasteiger partial charge in [0.05, 0.1) is 0 Å². The maximum Gasteiger partial charge on any atom is 0.343 e. The van der Waals surface area contributed by atoms with Gasteiger partial charge in [0, 0.05) is 0 Å². The lowest BCUT2D eigenvalue weighted by Gasteiger charge is -2.09. The van der Waals surface area contributed by atoms with Gasteiger partial charge >= 0.3 is 6.03 Å². The molecule has 2 aliphatic rings. The Bertz CT molecular complexity index is 306. The number of urea groups is 1. The smallest absolute Gasteiger partial charge is 0.320 e. The number of aliphatic imine (C=N–C) groups is 3. The van der Waals surface area contributed by atoms with Gasteiger partial charge in [-0.3, -0.25) is 0 Å². The number of hydrogen-bond donors (Lipinski definition) is 1. The van der Waals surface area contributed by atoms with Crippen LogP contribution in [0.4, 0.5) is 4.79 Å². The van der Waals surface area contributed by atoms with Crippen molar-refractivity contribution < 1.29 is 4.79 Å². The zero-order valence-corrected chi connectivity index (χ0v) is 6.87. The van der Waals surface area contributed by atoms with Crippen LogP contribution in [0.3, 0.4) is 0 Å². The van der Waals surface area contributed by atoms with Crippen molar-refractivity contribution in [1.29, 1.82) is 0 Å². The number of nitrogens with one attached hydrogen (secondary N) is 1.